The fraction of sp³-hybridized carbons (Fsp3) is 0.647. The number of hydrogen-bond acceptors (Lipinski definition) is 3. The van der Waals surface area contributed by atoms with Crippen LogP contribution < -0.4 is 10.1 Å². The van der Waals surface area contributed by atoms with Gasteiger partial charge in [0.25, 0.3) is 0 Å². The Morgan fingerprint density at radius 1 is 1.29 bits per heavy atom. The highest BCUT2D eigenvalue weighted by Gasteiger charge is 2.28. The molecule has 0 aliphatic carbocycles. The van der Waals surface area contributed by atoms with E-state index >= 15 is 0 Å². The molecule has 0 bridgehead atoms. The van der Waals surface area contributed by atoms with Crippen LogP contribution in [-0.2, 0) is 6.54 Å². The smallest absolute Gasteiger partial charge is 0.137 e. The summed E-state index contributed by atoms with van der Waals surface area (Å²) in [6.07, 6.45) is 5.37. The molecule has 2 fully saturated rings. The summed E-state index contributed by atoms with van der Waals surface area (Å²) in [5, 5.41) is 4.37. The van der Waals surface area contributed by atoms with Crippen molar-refractivity contribution in [3.05, 3.63) is 28.8 Å². The maximum absolute atomic E-state index is 6.20. The Labute approximate surface area is 132 Å². The van der Waals surface area contributed by atoms with Crippen molar-refractivity contribution in [1.82, 2.24) is 10.2 Å². The van der Waals surface area contributed by atoms with E-state index in [-0.39, 0.29) is 0 Å². The van der Waals surface area contributed by atoms with Gasteiger partial charge in [-0.25, -0.2) is 0 Å². The second kappa shape index (κ2) is 6.99. The molecule has 116 valence electrons. The molecule has 1 atom stereocenters. The maximum Gasteiger partial charge on any atom is 0.137 e. The first-order valence-corrected chi connectivity index (χ1v) is 8.42. The van der Waals surface area contributed by atoms with Crippen molar-refractivity contribution in [1.29, 1.82) is 0 Å². The fourth-order valence-corrected chi connectivity index (χ4v) is 3.97. The highest BCUT2D eigenvalue weighted by molar-refractivity contribution is 6.32. The third kappa shape index (κ3) is 3.71. The number of ether oxygens (including phenoxy) is 1. The Kier molecular flexibility index (Phi) is 5.04. The number of nitrogens with one attached hydrogen (secondary N) is 1. The first-order valence-electron chi connectivity index (χ1n) is 8.04. The molecule has 2 aliphatic rings. The van der Waals surface area contributed by atoms with Gasteiger partial charge in [-0.2, -0.15) is 0 Å². The minimum atomic E-state index is 0.708. The van der Waals surface area contributed by atoms with Crippen LogP contribution in [0.15, 0.2) is 18.2 Å². The average molecular weight is 309 g/mol. The van der Waals surface area contributed by atoms with Crippen LogP contribution in [0.5, 0.6) is 5.75 Å². The normalized spacial score (nSPS) is 24.4. The van der Waals surface area contributed by atoms with Crippen molar-refractivity contribution >= 4 is 11.6 Å². The van der Waals surface area contributed by atoms with E-state index in [4.69, 9.17) is 16.3 Å². The number of rotatable bonds is 4. The summed E-state index contributed by atoms with van der Waals surface area (Å²) in [6.45, 7) is 4.61. The van der Waals surface area contributed by atoms with Crippen LogP contribution in [0.4, 0.5) is 0 Å². The number of nitrogens with zero attached hydrogens (tertiary/aromatic N) is 1. The molecule has 4 heteroatoms. The largest absolute Gasteiger partial charge is 0.495 e. The van der Waals surface area contributed by atoms with Gasteiger partial charge in [0.1, 0.15) is 5.75 Å². The highest BCUT2D eigenvalue weighted by atomic mass is 35.5. The van der Waals surface area contributed by atoms with Gasteiger partial charge in [0.05, 0.1) is 12.1 Å². The standard InChI is InChI=1S/C17H25ClN2O/c1-21-17-5-4-13(11-15(17)18)12-20-9-6-14(7-10-20)16-3-2-8-19-16/h4-5,11,14,16,19H,2-3,6-10,12H2,1H3. The zero-order chi connectivity index (χ0) is 14.7. The van der Waals surface area contributed by atoms with Crippen molar-refractivity contribution in [2.75, 3.05) is 26.7 Å². The van der Waals surface area contributed by atoms with E-state index in [2.05, 4.69) is 16.3 Å². The predicted octanol–water partition coefficient (Wildman–Crippen LogP) is 3.31. The molecule has 2 saturated heterocycles. The van der Waals surface area contributed by atoms with Crippen LogP contribution >= 0.6 is 11.6 Å². The van der Waals surface area contributed by atoms with E-state index in [0.717, 1.165) is 24.3 Å². The molecular formula is C17H25ClN2O. The summed E-state index contributed by atoms with van der Waals surface area (Å²) in [5.41, 5.74) is 1.28. The first kappa shape index (κ1) is 15.1. The lowest BCUT2D eigenvalue weighted by atomic mass is 9.88. The van der Waals surface area contributed by atoms with Crippen molar-refractivity contribution in [3.8, 4) is 5.75 Å². The minimum Gasteiger partial charge on any atom is -0.495 e. The van der Waals surface area contributed by atoms with Crippen molar-refractivity contribution < 1.29 is 4.74 Å². The fourth-order valence-electron chi connectivity index (χ4n) is 3.69. The summed E-state index contributed by atoms with van der Waals surface area (Å²) < 4.78 is 5.21. The van der Waals surface area contributed by atoms with Crippen LogP contribution in [0.1, 0.15) is 31.2 Å². The predicted molar refractivity (Wildman–Crippen MR) is 87.0 cm³/mol. The minimum absolute atomic E-state index is 0.708. The van der Waals surface area contributed by atoms with Gasteiger partial charge in [-0.15, -0.1) is 0 Å². The zero-order valence-corrected chi connectivity index (χ0v) is 13.5. The molecule has 3 nitrogen and oxygen atoms in total. The maximum atomic E-state index is 6.20. The molecule has 0 aromatic heterocycles. The van der Waals surface area contributed by atoms with Crippen LogP contribution in [0.3, 0.4) is 0 Å². The second-order valence-electron chi connectivity index (χ2n) is 6.29. The summed E-state index contributed by atoms with van der Waals surface area (Å²) in [6, 6.07) is 6.90. The summed E-state index contributed by atoms with van der Waals surface area (Å²) in [4.78, 5) is 2.55. The van der Waals surface area contributed by atoms with Gasteiger partial charge in [-0.1, -0.05) is 17.7 Å². The van der Waals surface area contributed by atoms with Crippen LogP contribution in [0.25, 0.3) is 0 Å². The van der Waals surface area contributed by atoms with E-state index < -0.39 is 0 Å². The Morgan fingerprint density at radius 3 is 2.71 bits per heavy atom. The van der Waals surface area contributed by atoms with Crippen molar-refractivity contribution in [2.45, 2.75) is 38.3 Å². The lowest BCUT2D eigenvalue weighted by molar-refractivity contribution is 0.157. The molecule has 3 rings (SSSR count). The van der Waals surface area contributed by atoms with E-state index in [0.29, 0.717) is 5.02 Å². The molecule has 2 aliphatic heterocycles. The average Bonchev–Trinajstić information content (AvgIpc) is 3.02. The number of hydrogen-bond donors (Lipinski definition) is 1. The molecule has 1 aromatic carbocycles. The third-order valence-electron chi connectivity index (χ3n) is 4.92. The van der Waals surface area contributed by atoms with E-state index in [1.54, 1.807) is 7.11 Å². The van der Waals surface area contributed by atoms with Crippen LogP contribution in [-0.4, -0.2) is 37.7 Å². The van der Waals surface area contributed by atoms with Gasteiger partial charge in [-0.3, -0.25) is 4.90 Å². The quantitative estimate of drug-likeness (QED) is 0.923. The van der Waals surface area contributed by atoms with Gasteiger partial charge >= 0.3 is 0 Å². The Hall–Kier alpha value is -0.770. The Balaban J connectivity index is 1.51. The van der Waals surface area contributed by atoms with E-state index in [9.17, 15) is 0 Å². The van der Waals surface area contributed by atoms with Gasteiger partial charge < -0.3 is 10.1 Å². The molecular weight excluding hydrogens is 284 g/mol. The van der Waals surface area contributed by atoms with E-state index in [1.807, 2.05) is 12.1 Å². The van der Waals surface area contributed by atoms with E-state index in [1.165, 1.54) is 50.9 Å². The summed E-state index contributed by atoms with van der Waals surface area (Å²) >= 11 is 6.20. The SMILES string of the molecule is COc1ccc(CN2CCC(C3CCCN3)CC2)cc1Cl. The highest BCUT2D eigenvalue weighted by Crippen LogP contribution is 2.28. The van der Waals surface area contributed by atoms with Crippen molar-refractivity contribution in [3.63, 3.8) is 0 Å². The topological polar surface area (TPSA) is 24.5 Å². The van der Waals surface area contributed by atoms with Crippen LogP contribution in [0.2, 0.25) is 5.02 Å². The Bertz CT molecular complexity index is 466. The number of likely N-dealkylation sites (tertiary alicyclic amines) is 1. The second-order valence-corrected chi connectivity index (χ2v) is 6.69. The lowest BCUT2D eigenvalue weighted by Gasteiger charge is -2.35. The number of benzene rings is 1. The molecule has 1 aromatic rings. The summed E-state index contributed by atoms with van der Waals surface area (Å²) in [5.74, 6) is 1.63. The number of piperidine rings is 1. The molecule has 1 unspecified atom stereocenters. The van der Waals surface area contributed by atoms with Crippen molar-refractivity contribution in [2.24, 2.45) is 5.92 Å². The summed E-state index contributed by atoms with van der Waals surface area (Å²) in [7, 11) is 1.66. The van der Waals surface area contributed by atoms with Gasteiger partial charge in [0.15, 0.2) is 0 Å². The molecule has 21 heavy (non-hydrogen) atoms. The molecule has 0 amide bonds. The molecule has 2 heterocycles. The van der Waals surface area contributed by atoms with Crippen LogP contribution in [0, 0.1) is 5.92 Å². The molecule has 0 spiro atoms. The lowest BCUT2D eigenvalue weighted by Crippen LogP contribution is -2.40. The van der Waals surface area contributed by atoms with Gasteiger partial charge in [0, 0.05) is 12.6 Å². The number of halogens is 1. The molecule has 0 saturated carbocycles. The Morgan fingerprint density at radius 2 is 2.10 bits per heavy atom. The van der Waals surface area contributed by atoms with Gasteiger partial charge in [-0.05, 0) is 68.9 Å². The molecule has 1 N–H and O–H groups in total. The van der Waals surface area contributed by atoms with Gasteiger partial charge in [0.2, 0.25) is 0 Å². The monoisotopic (exact) mass is 308 g/mol. The molecule has 0 radical (unpaired) electrons. The first-order chi connectivity index (χ1) is 10.3. The third-order valence-corrected chi connectivity index (χ3v) is 5.22. The number of methoxy groups -OCH3 is 1. The zero-order valence-electron chi connectivity index (χ0n) is 12.8.